The van der Waals surface area contributed by atoms with Crippen molar-refractivity contribution in [1.29, 1.82) is 0 Å². The van der Waals surface area contributed by atoms with Gasteiger partial charge in [-0.3, -0.25) is 0 Å². The number of fused-ring (bicyclic) bond motifs is 1. The average molecular weight is 241 g/mol. The molecule has 1 atom stereocenters. The van der Waals surface area contributed by atoms with Crippen LogP contribution in [-0.4, -0.2) is 25.0 Å². The first-order valence-corrected chi connectivity index (χ1v) is 5.63. The Hall–Kier alpha value is -1.36. The summed E-state index contributed by atoms with van der Waals surface area (Å²) >= 11 is 6.07. The van der Waals surface area contributed by atoms with Gasteiger partial charge >= 0.3 is 5.69 Å². The second-order valence-electron chi connectivity index (χ2n) is 3.73. The van der Waals surface area contributed by atoms with Crippen molar-refractivity contribution in [2.45, 2.75) is 32.1 Å². The van der Waals surface area contributed by atoms with Gasteiger partial charge < -0.3 is 0 Å². The fraction of sp³-hybridized carbons (Fsp3) is 0.500. The maximum Gasteiger partial charge on any atom is 0.349 e. The summed E-state index contributed by atoms with van der Waals surface area (Å²) in [5, 5.41) is 6.38. The first kappa shape index (κ1) is 11.1. The fourth-order valence-corrected chi connectivity index (χ4v) is 1.79. The van der Waals surface area contributed by atoms with Gasteiger partial charge in [0.25, 0.3) is 0 Å². The van der Waals surface area contributed by atoms with Gasteiger partial charge in [-0.1, -0.05) is 6.92 Å². The molecule has 0 radical (unpaired) electrons. The molecule has 0 saturated carbocycles. The fourth-order valence-electron chi connectivity index (χ4n) is 1.63. The highest BCUT2D eigenvalue weighted by Crippen LogP contribution is 2.11. The quantitative estimate of drug-likeness (QED) is 0.823. The number of aromatic amines is 1. The number of nitrogens with zero attached hydrogens (tertiary/aromatic N) is 3. The topological polar surface area (TPSA) is 63.0 Å². The van der Waals surface area contributed by atoms with E-state index in [-0.39, 0.29) is 11.1 Å². The molecule has 1 N–H and O–H groups in total. The van der Waals surface area contributed by atoms with E-state index in [0.29, 0.717) is 17.9 Å². The largest absolute Gasteiger partial charge is 0.349 e. The Labute approximate surface area is 97.5 Å². The summed E-state index contributed by atoms with van der Waals surface area (Å²) in [6.45, 7) is 3.81. The van der Waals surface area contributed by atoms with Crippen LogP contribution >= 0.6 is 11.6 Å². The van der Waals surface area contributed by atoms with Crippen molar-refractivity contribution in [3.63, 3.8) is 0 Å². The summed E-state index contributed by atoms with van der Waals surface area (Å²) < 4.78 is 1.44. The minimum absolute atomic E-state index is 0.0695. The molecule has 0 bridgehead atoms. The lowest BCUT2D eigenvalue weighted by Gasteiger charge is -2.06. The van der Waals surface area contributed by atoms with Crippen LogP contribution in [0.25, 0.3) is 5.65 Å². The van der Waals surface area contributed by atoms with Gasteiger partial charge in [0.05, 0.1) is 0 Å². The SMILES string of the molecule is CCC(Cl)Cc1cc2n[nH]c(=O)n2c(C)n1. The maximum atomic E-state index is 11.4. The molecule has 2 heterocycles. The second kappa shape index (κ2) is 4.25. The Morgan fingerprint density at radius 1 is 1.62 bits per heavy atom. The molecule has 86 valence electrons. The summed E-state index contributed by atoms with van der Waals surface area (Å²) in [4.78, 5) is 15.7. The van der Waals surface area contributed by atoms with Crippen LogP contribution in [0.1, 0.15) is 24.9 Å². The van der Waals surface area contributed by atoms with Gasteiger partial charge in [-0.05, 0) is 13.3 Å². The van der Waals surface area contributed by atoms with Crippen molar-refractivity contribution >= 4 is 17.2 Å². The minimum atomic E-state index is -0.260. The van der Waals surface area contributed by atoms with Crippen LogP contribution in [0.3, 0.4) is 0 Å². The van der Waals surface area contributed by atoms with Gasteiger partial charge in [-0.15, -0.1) is 11.6 Å². The third-order valence-electron chi connectivity index (χ3n) is 2.50. The molecule has 0 aliphatic carbocycles. The van der Waals surface area contributed by atoms with E-state index in [0.717, 1.165) is 12.1 Å². The molecule has 0 fully saturated rings. The van der Waals surface area contributed by atoms with E-state index in [4.69, 9.17) is 11.6 Å². The van der Waals surface area contributed by atoms with E-state index in [1.807, 2.05) is 6.92 Å². The Morgan fingerprint density at radius 2 is 2.38 bits per heavy atom. The smallest absolute Gasteiger partial charge is 0.246 e. The predicted molar refractivity (Wildman–Crippen MR) is 62.0 cm³/mol. The van der Waals surface area contributed by atoms with Crippen LogP contribution in [0.15, 0.2) is 10.9 Å². The third-order valence-corrected chi connectivity index (χ3v) is 2.96. The number of hydrogen-bond acceptors (Lipinski definition) is 3. The van der Waals surface area contributed by atoms with E-state index in [2.05, 4.69) is 15.2 Å². The lowest BCUT2D eigenvalue weighted by molar-refractivity contribution is 0.773. The first-order chi connectivity index (χ1) is 7.61. The maximum absolute atomic E-state index is 11.4. The molecular formula is C10H13ClN4O. The van der Waals surface area contributed by atoms with Gasteiger partial charge in [0, 0.05) is 23.6 Å². The standard InChI is InChI=1S/C10H13ClN4O/c1-3-7(11)4-8-5-9-13-14-10(16)15(9)6(2)12-8/h5,7H,3-4H2,1-2H3,(H,14,16). The molecule has 16 heavy (non-hydrogen) atoms. The lowest BCUT2D eigenvalue weighted by Crippen LogP contribution is -2.14. The van der Waals surface area contributed by atoms with Gasteiger partial charge in [-0.25, -0.2) is 19.3 Å². The van der Waals surface area contributed by atoms with Crippen LogP contribution in [0.2, 0.25) is 0 Å². The molecule has 0 aliphatic heterocycles. The molecular weight excluding hydrogens is 228 g/mol. The molecule has 0 spiro atoms. The zero-order valence-corrected chi connectivity index (χ0v) is 9.95. The Morgan fingerprint density at radius 3 is 3.06 bits per heavy atom. The van der Waals surface area contributed by atoms with Crippen molar-refractivity contribution in [2.24, 2.45) is 0 Å². The molecule has 2 aromatic rings. The van der Waals surface area contributed by atoms with Crippen LogP contribution in [0.5, 0.6) is 0 Å². The van der Waals surface area contributed by atoms with Crippen LogP contribution in [0, 0.1) is 6.92 Å². The van der Waals surface area contributed by atoms with Crippen molar-refractivity contribution in [3.8, 4) is 0 Å². The van der Waals surface area contributed by atoms with Crippen molar-refractivity contribution in [1.82, 2.24) is 19.6 Å². The summed E-state index contributed by atoms with van der Waals surface area (Å²) in [6, 6.07) is 1.79. The monoisotopic (exact) mass is 240 g/mol. The van der Waals surface area contributed by atoms with Crippen LogP contribution < -0.4 is 5.69 Å². The predicted octanol–water partition coefficient (Wildman–Crippen LogP) is 1.29. The van der Waals surface area contributed by atoms with Gasteiger partial charge in [0.15, 0.2) is 5.65 Å². The number of nitrogens with one attached hydrogen (secondary N) is 1. The zero-order chi connectivity index (χ0) is 11.7. The molecule has 1 unspecified atom stereocenters. The lowest BCUT2D eigenvalue weighted by atomic mass is 10.2. The van der Waals surface area contributed by atoms with Crippen molar-refractivity contribution in [2.75, 3.05) is 0 Å². The number of aryl methyl sites for hydroxylation is 1. The summed E-state index contributed by atoms with van der Waals surface area (Å²) in [6.07, 6.45) is 1.58. The average Bonchev–Trinajstić information content (AvgIpc) is 2.60. The molecule has 5 nitrogen and oxygen atoms in total. The molecule has 2 aromatic heterocycles. The van der Waals surface area contributed by atoms with E-state index in [9.17, 15) is 4.79 Å². The van der Waals surface area contributed by atoms with Gasteiger partial charge in [0.1, 0.15) is 5.82 Å². The minimum Gasteiger partial charge on any atom is -0.246 e. The molecule has 0 saturated heterocycles. The molecule has 0 aliphatic rings. The van der Waals surface area contributed by atoms with Gasteiger partial charge in [0.2, 0.25) is 0 Å². The summed E-state index contributed by atoms with van der Waals surface area (Å²) in [7, 11) is 0. The number of rotatable bonds is 3. The second-order valence-corrected chi connectivity index (χ2v) is 4.34. The van der Waals surface area contributed by atoms with E-state index < -0.39 is 0 Å². The van der Waals surface area contributed by atoms with Crippen molar-refractivity contribution in [3.05, 3.63) is 28.1 Å². The van der Waals surface area contributed by atoms with E-state index in [1.165, 1.54) is 4.40 Å². The molecule has 6 heteroatoms. The van der Waals surface area contributed by atoms with Crippen LogP contribution in [0.4, 0.5) is 0 Å². The van der Waals surface area contributed by atoms with Gasteiger partial charge in [-0.2, -0.15) is 5.10 Å². The third kappa shape index (κ3) is 1.95. The first-order valence-electron chi connectivity index (χ1n) is 5.19. The zero-order valence-electron chi connectivity index (χ0n) is 9.20. The highest BCUT2D eigenvalue weighted by molar-refractivity contribution is 6.20. The van der Waals surface area contributed by atoms with Crippen molar-refractivity contribution < 1.29 is 0 Å². The van der Waals surface area contributed by atoms with E-state index >= 15 is 0 Å². The Kier molecular flexibility index (Phi) is 2.96. The van der Waals surface area contributed by atoms with E-state index in [1.54, 1.807) is 13.0 Å². The highest BCUT2D eigenvalue weighted by Gasteiger charge is 2.09. The van der Waals surface area contributed by atoms with Crippen LogP contribution in [-0.2, 0) is 6.42 Å². The number of aromatic nitrogens is 4. The Balaban J connectivity index is 2.46. The Bertz CT molecular complexity index is 559. The number of alkyl halides is 1. The summed E-state index contributed by atoms with van der Waals surface area (Å²) in [5.41, 5.74) is 1.20. The number of hydrogen-bond donors (Lipinski definition) is 1. The normalized spacial score (nSPS) is 13.2. The summed E-state index contributed by atoms with van der Waals surface area (Å²) in [5.74, 6) is 0.631. The number of H-pyrrole nitrogens is 1. The highest BCUT2D eigenvalue weighted by atomic mass is 35.5. The molecule has 0 amide bonds. The number of halogens is 1. The molecule has 0 aromatic carbocycles. The molecule has 2 rings (SSSR count).